The van der Waals surface area contributed by atoms with Crippen LogP contribution in [0.2, 0.25) is 0 Å². The van der Waals surface area contributed by atoms with Gasteiger partial charge in [-0.1, -0.05) is 0 Å². The van der Waals surface area contributed by atoms with E-state index in [1.165, 1.54) is 18.2 Å². The molecule has 1 heterocycles. The summed E-state index contributed by atoms with van der Waals surface area (Å²) in [7, 11) is -5.60. The van der Waals surface area contributed by atoms with Crippen molar-refractivity contribution in [2.24, 2.45) is 0 Å². The smallest absolute Gasteiger partial charge is 0.508 e. The topological polar surface area (TPSA) is 66.8 Å². The van der Waals surface area contributed by atoms with Crippen LogP contribution in [0.4, 0.5) is 18.9 Å². The van der Waals surface area contributed by atoms with Crippen LogP contribution in [-0.4, -0.2) is 32.1 Å². The number of anilines is 1. The molecule has 1 aromatic carbocycles. The number of hydrogen-bond acceptors (Lipinski definition) is 5. The summed E-state index contributed by atoms with van der Waals surface area (Å²) in [4.78, 5) is 1.81. The van der Waals surface area contributed by atoms with Crippen molar-refractivity contribution in [1.29, 1.82) is 0 Å². The first-order chi connectivity index (χ1) is 9.69. The molecule has 0 unspecified atom stereocenters. The second kappa shape index (κ2) is 5.47. The van der Waals surface area contributed by atoms with Gasteiger partial charge in [0.05, 0.1) is 0 Å². The van der Waals surface area contributed by atoms with Gasteiger partial charge in [-0.25, -0.2) is 0 Å². The van der Waals surface area contributed by atoms with Gasteiger partial charge in [0.2, 0.25) is 0 Å². The third-order valence-corrected chi connectivity index (χ3v) is 3.88. The zero-order valence-electron chi connectivity index (χ0n) is 10.7. The van der Waals surface area contributed by atoms with Crippen LogP contribution in [0.15, 0.2) is 36.1 Å². The number of halogens is 3. The Labute approximate surface area is 119 Å². The van der Waals surface area contributed by atoms with Crippen molar-refractivity contribution in [3.63, 3.8) is 0 Å². The first-order valence-electron chi connectivity index (χ1n) is 5.93. The predicted octanol–water partition coefficient (Wildman–Crippen LogP) is 2.35. The average Bonchev–Trinajstić information content (AvgIpc) is 2.39. The van der Waals surface area contributed by atoms with Gasteiger partial charge in [-0.05, 0) is 30.3 Å². The van der Waals surface area contributed by atoms with Crippen LogP contribution in [-0.2, 0) is 14.3 Å². The third-order valence-electron chi connectivity index (χ3n) is 2.88. The van der Waals surface area contributed by atoms with Crippen LogP contribution in [0, 0.1) is 0 Å². The maximum atomic E-state index is 12.2. The molecule has 5 nitrogen and oxygen atoms in total. The molecule has 21 heavy (non-hydrogen) atoms. The van der Waals surface area contributed by atoms with E-state index in [9.17, 15) is 26.7 Å². The fourth-order valence-corrected chi connectivity index (χ4v) is 2.34. The van der Waals surface area contributed by atoms with Crippen LogP contribution in [0.3, 0.4) is 0 Å². The van der Waals surface area contributed by atoms with Gasteiger partial charge in [-0.15, -0.1) is 0 Å². The highest BCUT2D eigenvalue weighted by Gasteiger charge is 2.48. The molecule has 0 amide bonds. The second-order valence-electron chi connectivity index (χ2n) is 4.37. The molecule has 0 atom stereocenters. The van der Waals surface area contributed by atoms with E-state index in [2.05, 4.69) is 4.18 Å². The van der Waals surface area contributed by atoms with Gasteiger partial charge < -0.3 is 14.2 Å². The summed E-state index contributed by atoms with van der Waals surface area (Å²) in [6.07, 6.45) is 1.33. The zero-order valence-corrected chi connectivity index (χ0v) is 11.5. The molecule has 1 aliphatic heterocycles. The summed E-state index contributed by atoms with van der Waals surface area (Å²) >= 11 is 0. The SMILES string of the molecule is O=S(=O)(OC1=CCN(c2ccc(O)cc2)CC1)C(F)(F)F. The Hall–Kier alpha value is -1.90. The number of nitrogens with zero attached hydrogens (tertiary/aromatic N) is 1. The Balaban J connectivity index is 2.04. The fraction of sp³-hybridized carbons (Fsp3) is 0.333. The summed E-state index contributed by atoms with van der Waals surface area (Å²) in [6.45, 7) is 0.525. The number of phenolic OH excluding ortho intramolecular Hbond substituents is 1. The number of aromatic hydroxyl groups is 1. The Morgan fingerprint density at radius 3 is 2.29 bits per heavy atom. The highest BCUT2D eigenvalue weighted by Crippen LogP contribution is 2.29. The standard InChI is InChI=1S/C12H12F3NO4S/c13-12(14,15)21(18,19)20-11-5-7-16(8-6-11)9-1-3-10(17)4-2-9/h1-5,17H,6-8H2. The monoisotopic (exact) mass is 323 g/mol. The minimum Gasteiger partial charge on any atom is -0.508 e. The van der Waals surface area contributed by atoms with Gasteiger partial charge in [-0.3, -0.25) is 0 Å². The molecule has 2 rings (SSSR count). The van der Waals surface area contributed by atoms with Crippen molar-refractivity contribution in [2.75, 3.05) is 18.0 Å². The van der Waals surface area contributed by atoms with Gasteiger partial charge in [0, 0.05) is 25.2 Å². The minimum absolute atomic E-state index is 0.0379. The summed E-state index contributed by atoms with van der Waals surface area (Å²) in [5, 5.41) is 9.18. The summed E-state index contributed by atoms with van der Waals surface area (Å²) in [5.74, 6) is -0.117. The zero-order chi connectivity index (χ0) is 15.7. The highest BCUT2D eigenvalue weighted by molar-refractivity contribution is 7.87. The predicted molar refractivity (Wildman–Crippen MR) is 69.1 cm³/mol. The molecule has 0 aliphatic carbocycles. The van der Waals surface area contributed by atoms with E-state index in [1.807, 2.05) is 4.90 Å². The summed E-state index contributed by atoms with van der Waals surface area (Å²) < 4.78 is 62.4. The molecule has 9 heteroatoms. The Morgan fingerprint density at radius 2 is 1.81 bits per heavy atom. The van der Waals surface area contributed by atoms with E-state index < -0.39 is 15.6 Å². The normalized spacial score (nSPS) is 16.5. The van der Waals surface area contributed by atoms with Crippen molar-refractivity contribution in [1.82, 2.24) is 0 Å². The Kier molecular flexibility index (Phi) is 4.04. The lowest BCUT2D eigenvalue weighted by Gasteiger charge is -2.28. The Morgan fingerprint density at radius 1 is 1.19 bits per heavy atom. The minimum atomic E-state index is -5.60. The van der Waals surface area contributed by atoms with E-state index in [4.69, 9.17) is 0 Å². The van der Waals surface area contributed by atoms with Gasteiger partial charge in [0.1, 0.15) is 11.5 Å². The van der Waals surface area contributed by atoms with Crippen LogP contribution in [0.5, 0.6) is 5.75 Å². The van der Waals surface area contributed by atoms with Gasteiger partial charge in [-0.2, -0.15) is 21.6 Å². The summed E-state index contributed by atoms with van der Waals surface area (Å²) in [5.41, 5.74) is -4.66. The largest absolute Gasteiger partial charge is 0.534 e. The maximum absolute atomic E-state index is 12.2. The molecule has 0 spiro atoms. The van der Waals surface area contributed by atoms with E-state index in [1.54, 1.807) is 12.1 Å². The average molecular weight is 323 g/mol. The first-order valence-corrected chi connectivity index (χ1v) is 7.33. The maximum Gasteiger partial charge on any atom is 0.534 e. The quantitative estimate of drug-likeness (QED) is 0.683. The molecule has 0 radical (unpaired) electrons. The first kappa shape index (κ1) is 15.5. The molecule has 0 bridgehead atoms. The summed E-state index contributed by atoms with van der Waals surface area (Å²) in [6, 6.07) is 6.28. The molecule has 1 aliphatic rings. The lowest BCUT2D eigenvalue weighted by atomic mass is 10.2. The lowest BCUT2D eigenvalue weighted by molar-refractivity contribution is -0.0523. The van der Waals surface area contributed by atoms with Gasteiger partial charge >= 0.3 is 15.6 Å². The molecule has 0 fully saturated rings. The van der Waals surface area contributed by atoms with E-state index in [0.29, 0.717) is 6.54 Å². The highest BCUT2D eigenvalue weighted by atomic mass is 32.2. The van der Waals surface area contributed by atoms with Crippen molar-refractivity contribution in [2.45, 2.75) is 11.9 Å². The van der Waals surface area contributed by atoms with E-state index in [-0.39, 0.29) is 24.5 Å². The molecule has 0 aromatic heterocycles. The van der Waals surface area contributed by atoms with Crippen LogP contribution < -0.4 is 4.90 Å². The molecule has 0 saturated carbocycles. The second-order valence-corrected chi connectivity index (χ2v) is 5.90. The molecular formula is C12H12F3NO4S. The van der Waals surface area contributed by atoms with Crippen molar-refractivity contribution in [3.05, 3.63) is 36.1 Å². The van der Waals surface area contributed by atoms with Crippen molar-refractivity contribution >= 4 is 15.8 Å². The van der Waals surface area contributed by atoms with Crippen LogP contribution in [0.1, 0.15) is 6.42 Å². The molecule has 0 saturated heterocycles. The Bertz CT molecular complexity index is 637. The van der Waals surface area contributed by atoms with Crippen LogP contribution >= 0.6 is 0 Å². The van der Waals surface area contributed by atoms with Crippen molar-refractivity contribution in [3.8, 4) is 5.75 Å². The fourth-order valence-electron chi connectivity index (χ4n) is 1.81. The molecule has 1 N–H and O–H groups in total. The van der Waals surface area contributed by atoms with E-state index >= 15 is 0 Å². The molecule has 116 valence electrons. The number of alkyl halides is 3. The number of hydrogen-bond donors (Lipinski definition) is 1. The number of rotatable bonds is 3. The van der Waals surface area contributed by atoms with E-state index in [0.717, 1.165) is 5.69 Å². The number of phenols is 1. The van der Waals surface area contributed by atoms with Crippen molar-refractivity contribution < 1.29 is 30.9 Å². The lowest BCUT2D eigenvalue weighted by Crippen LogP contribution is -2.31. The van der Waals surface area contributed by atoms with Gasteiger partial charge in [0.25, 0.3) is 0 Å². The van der Waals surface area contributed by atoms with Gasteiger partial charge in [0.15, 0.2) is 0 Å². The number of benzene rings is 1. The van der Waals surface area contributed by atoms with Crippen LogP contribution in [0.25, 0.3) is 0 Å². The molecular weight excluding hydrogens is 311 g/mol. The third kappa shape index (κ3) is 3.60. The molecule has 1 aromatic rings.